The third-order valence-corrected chi connectivity index (χ3v) is 1.97. The predicted octanol–water partition coefficient (Wildman–Crippen LogP) is 4.95. The lowest BCUT2D eigenvalue weighted by Gasteiger charge is -2.10. The van der Waals surface area contributed by atoms with Gasteiger partial charge in [-0.15, -0.1) is 0 Å². The van der Waals surface area contributed by atoms with Gasteiger partial charge in [-0.3, -0.25) is 0 Å². The lowest BCUT2D eigenvalue weighted by atomic mass is 10.2. The van der Waals surface area contributed by atoms with Crippen LogP contribution in [0.2, 0.25) is 0 Å². The van der Waals surface area contributed by atoms with Gasteiger partial charge in [0, 0.05) is 30.4 Å². The Morgan fingerprint density at radius 3 is 1.62 bits per heavy atom. The van der Waals surface area contributed by atoms with Crippen molar-refractivity contribution in [3.63, 3.8) is 0 Å². The minimum absolute atomic E-state index is 0.170. The molecule has 0 radical (unpaired) electrons. The van der Waals surface area contributed by atoms with Crippen molar-refractivity contribution in [2.24, 2.45) is 0 Å². The molecule has 0 aliphatic carbocycles. The predicted molar refractivity (Wildman–Crippen MR) is 62.6 cm³/mol. The third kappa shape index (κ3) is 5.28. The first-order chi connectivity index (χ1) is 9.83. The van der Waals surface area contributed by atoms with E-state index in [1.54, 1.807) is 6.92 Å². The second-order valence-corrected chi connectivity index (χ2v) is 3.50. The molecule has 0 amide bonds. The second-order valence-electron chi connectivity index (χ2n) is 3.50. The van der Waals surface area contributed by atoms with Crippen LogP contribution >= 0.6 is 0 Å². The van der Waals surface area contributed by atoms with Gasteiger partial charge < -0.3 is 14.8 Å². The first-order valence-corrected chi connectivity index (χ1v) is 5.49. The maximum atomic E-state index is 12.7. The maximum Gasteiger partial charge on any atom is 0.344 e. The molecular formula is C12H9F6NO2. The molecule has 0 fully saturated rings. The van der Waals surface area contributed by atoms with Crippen molar-refractivity contribution in [3.05, 3.63) is 42.4 Å². The third-order valence-electron chi connectivity index (χ3n) is 1.97. The Balaban J connectivity index is 3.11. The summed E-state index contributed by atoms with van der Waals surface area (Å²) >= 11 is 0. The van der Waals surface area contributed by atoms with Gasteiger partial charge in [-0.1, -0.05) is 0 Å². The van der Waals surface area contributed by atoms with Crippen molar-refractivity contribution in [2.45, 2.75) is 6.92 Å². The van der Waals surface area contributed by atoms with Gasteiger partial charge in [0.1, 0.15) is 11.5 Å². The number of halogens is 6. The van der Waals surface area contributed by atoms with Crippen molar-refractivity contribution in [2.75, 3.05) is 11.9 Å². The highest BCUT2D eigenvalue weighted by atomic mass is 19.3. The maximum absolute atomic E-state index is 12.7. The van der Waals surface area contributed by atoms with Gasteiger partial charge in [0.25, 0.3) is 0 Å². The molecule has 21 heavy (non-hydrogen) atoms. The molecule has 0 atom stereocenters. The molecule has 9 heteroatoms. The number of anilines is 1. The number of rotatable bonds is 6. The van der Waals surface area contributed by atoms with E-state index >= 15 is 0 Å². The van der Waals surface area contributed by atoms with Gasteiger partial charge >= 0.3 is 24.2 Å². The smallest absolute Gasteiger partial charge is 0.344 e. The quantitative estimate of drug-likeness (QED) is 0.595. The fourth-order valence-corrected chi connectivity index (χ4v) is 1.28. The normalized spacial score (nSPS) is 9.86. The van der Waals surface area contributed by atoms with Crippen molar-refractivity contribution < 1.29 is 35.8 Å². The molecule has 3 nitrogen and oxygen atoms in total. The molecule has 0 heterocycles. The minimum atomic E-state index is -2.70. The Kier molecular flexibility index (Phi) is 5.94. The van der Waals surface area contributed by atoms with Gasteiger partial charge in [0.2, 0.25) is 0 Å². The average molecular weight is 313 g/mol. The van der Waals surface area contributed by atoms with E-state index in [2.05, 4.69) is 14.8 Å². The van der Waals surface area contributed by atoms with E-state index in [9.17, 15) is 26.3 Å². The van der Waals surface area contributed by atoms with Gasteiger partial charge in [0.05, 0.1) is 0 Å². The second kappa shape index (κ2) is 7.46. The van der Waals surface area contributed by atoms with E-state index in [1.165, 1.54) is 0 Å². The van der Waals surface area contributed by atoms with E-state index in [4.69, 9.17) is 0 Å². The van der Waals surface area contributed by atoms with Crippen molar-refractivity contribution in [1.82, 2.24) is 0 Å². The van der Waals surface area contributed by atoms with E-state index < -0.39 is 35.7 Å². The molecule has 0 unspecified atom stereocenters. The number of nitrogens with one attached hydrogen (secondary N) is 1. The molecule has 116 valence electrons. The summed E-state index contributed by atoms with van der Waals surface area (Å²) in [5.74, 6) is -0.971. The molecule has 0 aromatic heterocycles. The SMILES string of the molecule is CCNc1cc(OC(F)=C(F)F)cc(OC(F)=C(F)F)c1. The molecule has 1 aromatic carbocycles. The first kappa shape index (κ1) is 16.7. The zero-order valence-corrected chi connectivity index (χ0v) is 10.5. The lowest BCUT2D eigenvalue weighted by Crippen LogP contribution is -1.99. The Hall–Kier alpha value is -2.32. The molecule has 1 N–H and O–H groups in total. The summed E-state index contributed by atoms with van der Waals surface area (Å²) in [6.07, 6.45) is -5.40. The molecule has 0 saturated heterocycles. The van der Waals surface area contributed by atoms with E-state index in [0.29, 0.717) is 6.54 Å². The number of ether oxygens (including phenoxy) is 2. The van der Waals surface area contributed by atoms with Crippen LogP contribution in [0.1, 0.15) is 6.92 Å². The zero-order chi connectivity index (χ0) is 16.0. The Labute approximate surface area is 115 Å². The van der Waals surface area contributed by atoms with Crippen LogP contribution in [0.5, 0.6) is 11.5 Å². The molecule has 0 bridgehead atoms. The summed E-state index contributed by atoms with van der Waals surface area (Å²) in [4.78, 5) is 0. The fraction of sp³-hybridized carbons (Fsp3) is 0.167. The molecule has 1 rings (SSSR count). The van der Waals surface area contributed by atoms with Crippen LogP contribution in [0.3, 0.4) is 0 Å². The summed E-state index contributed by atoms with van der Waals surface area (Å²) in [6, 6.07) is -1.35. The molecule has 0 saturated carbocycles. The van der Waals surface area contributed by atoms with E-state index in [-0.39, 0.29) is 5.69 Å². The van der Waals surface area contributed by atoms with Crippen molar-refractivity contribution in [1.29, 1.82) is 0 Å². The minimum Gasteiger partial charge on any atom is -0.428 e. The lowest BCUT2D eigenvalue weighted by molar-refractivity contribution is 0.233. The summed E-state index contributed by atoms with van der Waals surface area (Å²) in [5.41, 5.74) is 0.170. The zero-order valence-electron chi connectivity index (χ0n) is 10.5. The van der Waals surface area contributed by atoms with Gasteiger partial charge in [-0.2, -0.15) is 26.3 Å². The summed E-state index contributed by atoms with van der Waals surface area (Å²) in [5, 5.41) is 2.68. The average Bonchev–Trinajstić information content (AvgIpc) is 2.38. The van der Waals surface area contributed by atoms with Crippen molar-refractivity contribution >= 4 is 5.69 Å². The van der Waals surface area contributed by atoms with Crippen LogP contribution in [0.15, 0.2) is 42.4 Å². The Bertz CT molecular complexity index is 521. The molecule has 0 aliphatic rings. The molecule has 0 aliphatic heterocycles. The highest BCUT2D eigenvalue weighted by molar-refractivity contribution is 5.54. The fourth-order valence-electron chi connectivity index (χ4n) is 1.28. The number of benzene rings is 1. The van der Waals surface area contributed by atoms with Crippen LogP contribution in [0, 0.1) is 0 Å². The van der Waals surface area contributed by atoms with Crippen LogP contribution in [0.4, 0.5) is 32.0 Å². The van der Waals surface area contributed by atoms with E-state index in [1.807, 2.05) is 0 Å². The molecule has 0 spiro atoms. The van der Waals surface area contributed by atoms with E-state index in [0.717, 1.165) is 18.2 Å². The topological polar surface area (TPSA) is 30.5 Å². The van der Waals surface area contributed by atoms with Gasteiger partial charge in [-0.05, 0) is 6.92 Å². The largest absolute Gasteiger partial charge is 0.428 e. The first-order valence-electron chi connectivity index (χ1n) is 5.49. The Morgan fingerprint density at radius 1 is 0.857 bits per heavy atom. The van der Waals surface area contributed by atoms with Crippen LogP contribution in [-0.4, -0.2) is 6.54 Å². The van der Waals surface area contributed by atoms with Crippen molar-refractivity contribution in [3.8, 4) is 11.5 Å². The summed E-state index contributed by atoms with van der Waals surface area (Å²) < 4.78 is 81.5. The van der Waals surface area contributed by atoms with Crippen LogP contribution in [-0.2, 0) is 0 Å². The molecular weight excluding hydrogens is 304 g/mol. The molecule has 1 aromatic rings. The highest BCUT2D eigenvalue weighted by Crippen LogP contribution is 2.30. The highest BCUT2D eigenvalue weighted by Gasteiger charge is 2.13. The Morgan fingerprint density at radius 2 is 1.29 bits per heavy atom. The standard InChI is InChI=1S/C12H9F6NO2/c1-2-19-6-3-7(20-11(17)9(13)14)5-8(4-6)21-12(18)10(15)16/h3-5,19H,2H2,1H3. The van der Waals surface area contributed by atoms with Crippen LogP contribution in [0.25, 0.3) is 0 Å². The number of hydrogen-bond acceptors (Lipinski definition) is 3. The van der Waals surface area contributed by atoms with Gasteiger partial charge in [-0.25, -0.2) is 0 Å². The summed E-state index contributed by atoms with van der Waals surface area (Å²) in [6.45, 7) is 2.05. The number of hydrogen-bond donors (Lipinski definition) is 1. The monoisotopic (exact) mass is 313 g/mol. The van der Waals surface area contributed by atoms with Gasteiger partial charge in [0.15, 0.2) is 0 Å². The van der Waals surface area contributed by atoms with Crippen LogP contribution < -0.4 is 14.8 Å². The summed E-state index contributed by atoms with van der Waals surface area (Å²) in [7, 11) is 0.